The van der Waals surface area contributed by atoms with Crippen LogP contribution < -0.4 is 10.1 Å². The van der Waals surface area contributed by atoms with Crippen molar-refractivity contribution in [1.29, 1.82) is 0 Å². The van der Waals surface area contributed by atoms with E-state index in [1.54, 1.807) is 0 Å². The van der Waals surface area contributed by atoms with E-state index in [9.17, 15) is 15.0 Å². The summed E-state index contributed by atoms with van der Waals surface area (Å²) in [4.78, 5) is 15.6. The number of hydrogen-bond acceptors (Lipinski definition) is 4. The van der Waals surface area contributed by atoms with Gasteiger partial charge in [0.1, 0.15) is 17.5 Å². The third kappa shape index (κ3) is 2.92. The van der Waals surface area contributed by atoms with Crippen molar-refractivity contribution < 1.29 is 19.7 Å². The predicted molar refractivity (Wildman–Crippen MR) is 86.7 cm³/mol. The Morgan fingerprint density at radius 1 is 1.39 bits per heavy atom. The summed E-state index contributed by atoms with van der Waals surface area (Å²) < 4.78 is 5.50. The van der Waals surface area contributed by atoms with Crippen LogP contribution in [-0.4, -0.2) is 46.0 Å². The number of aliphatic hydroxyl groups is 2. The number of amides is 1. The van der Waals surface area contributed by atoms with Crippen molar-refractivity contribution in [2.24, 2.45) is 0 Å². The molecule has 0 spiro atoms. The van der Waals surface area contributed by atoms with Gasteiger partial charge in [-0.1, -0.05) is 0 Å². The Morgan fingerprint density at radius 2 is 2.17 bits per heavy atom. The minimum absolute atomic E-state index is 0.269. The van der Waals surface area contributed by atoms with Crippen LogP contribution in [-0.2, 0) is 0 Å². The van der Waals surface area contributed by atoms with Gasteiger partial charge in [-0.3, -0.25) is 4.79 Å². The zero-order valence-electron chi connectivity index (χ0n) is 13.3. The number of hydrogen-bond donors (Lipinski definition) is 4. The van der Waals surface area contributed by atoms with Gasteiger partial charge in [0, 0.05) is 10.9 Å². The highest BCUT2D eigenvalue weighted by Crippen LogP contribution is 2.27. The highest BCUT2D eigenvalue weighted by Gasteiger charge is 2.34. The van der Waals surface area contributed by atoms with Crippen LogP contribution >= 0.6 is 0 Å². The maximum Gasteiger partial charge on any atom is 0.268 e. The number of aryl methyl sites for hydroxylation is 1. The van der Waals surface area contributed by atoms with Gasteiger partial charge in [-0.05, 0) is 50.5 Å². The number of rotatable bonds is 4. The molecule has 1 saturated carbocycles. The lowest BCUT2D eigenvalue weighted by Gasteiger charge is -2.17. The van der Waals surface area contributed by atoms with Gasteiger partial charge in [-0.25, -0.2) is 0 Å². The summed E-state index contributed by atoms with van der Waals surface area (Å²) in [5, 5.41) is 23.2. The maximum absolute atomic E-state index is 12.5. The van der Waals surface area contributed by atoms with Gasteiger partial charge in [-0.2, -0.15) is 0 Å². The highest BCUT2D eigenvalue weighted by molar-refractivity contribution is 6.01. The summed E-state index contributed by atoms with van der Waals surface area (Å²) in [5.41, 5.74) is 2.18. The second kappa shape index (κ2) is 6.22. The van der Waals surface area contributed by atoms with Gasteiger partial charge in [0.2, 0.25) is 0 Å². The molecule has 2 aromatic rings. The van der Waals surface area contributed by atoms with Gasteiger partial charge >= 0.3 is 0 Å². The van der Waals surface area contributed by atoms with Crippen LogP contribution in [0.25, 0.3) is 10.9 Å². The second-order valence-electron chi connectivity index (χ2n) is 5.98. The molecule has 1 aliphatic rings. The van der Waals surface area contributed by atoms with E-state index in [-0.39, 0.29) is 5.91 Å². The number of ether oxygens (including phenoxy) is 1. The minimum Gasteiger partial charge on any atom is -0.494 e. The van der Waals surface area contributed by atoms with Crippen molar-refractivity contribution in [3.8, 4) is 5.75 Å². The molecule has 23 heavy (non-hydrogen) atoms. The Hall–Kier alpha value is -2.05. The van der Waals surface area contributed by atoms with Crippen molar-refractivity contribution in [2.75, 3.05) is 6.61 Å². The standard InChI is InChI=1S/C17H22N2O4/c1-3-23-10-4-5-12-11(8-10)9(2)15(18-12)17(22)19-13-6-7-14(20)16(13)21/h4-5,8,13-14,16,18,20-21H,3,6-7H2,1-2H3,(H,19,22)/t13-,14-,16-/m1/s1. The van der Waals surface area contributed by atoms with Crippen molar-refractivity contribution >= 4 is 16.8 Å². The SMILES string of the molecule is CCOc1ccc2[nH]c(C(=O)N[C@@H]3CC[C@@H](O)[C@@H]3O)c(C)c2c1. The first-order valence-corrected chi connectivity index (χ1v) is 7.93. The Kier molecular flexibility index (Phi) is 4.28. The molecule has 0 saturated heterocycles. The summed E-state index contributed by atoms with van der Waals surface area (Å²) in [5.74, 6) is 0.498. The smallest absolute Gasteiger partial charge is 0.268 e. The molecule has 3 rings (SSSR count). The number of nitrogens with one attached hydrogen (secondary N) is 2. The summed E-state index contributed by atoms with van der Waals surface area (Å²) >= 11 is 0. The molecule has 6 heteroatoms. The van der Waals surface area contributed by atoms with Crippen LogP contribution in [0.5, 0.6) is 5.75 Å². The van der Waals surface area contributed by atoms with E-state index in [0.29, 0.717) is 25.1 Å². The molecular weight excluding hydrogens is 296 g/mol. The predicted octanol–water partition coefficient (Wildman–Crippen LogP) is 1.49. The molecule has 3 atom stereocenters. The zero-order chi connectivity index (χ0) is 16.6. The Balaban J connectivity index is 1.84. The topological polar surface area (TPSA) is 94.6 Å². The monoisotopic (exact) mass is 318 g/mol. The average Bonchev–Trinajstić information content (AvgIpc) is 3.02. The van der Waals surface area contributed by atoms with E-state index in [2.05, 4.69) is 10.3 Å². The lowest BCUT2D eigenvalue weighted by atomic mass is 10.1. The van der Waals surface area contributed by atoms with E-state index in [0.717, 1.165) is 22.2 Å². The van der Waals surface area contributed by atoms with Crippen molar-refractivity contribution in [1.82, 2.24) is 10.3 Å². The molecule has 6 nitrogen and oxygen atoms in total. The van der Waals surface area contributed by atoms with Crippen LogP contribution in [0.2, 0.25) is 0 Å². The number of aliphatic hydroxyl groups excluding tert-OH is 2. The lowest BCUT2D eigenvalue weighted by Crippen LogP contribution is -2.43. The number of carbonyl (C=O) groups excluding carboxylic acids is 1. The molecule has 1 aromatic carbocycles. The molecule has 4 N–H and O–H groups in total. The number of fused-ring (bicyclic) bond motifs is 1. The third-order valence-electron chi connectivity index (χ3n) is 4.46. The van der Waals surface area contributed by atoms with E-state index in [4.69, 9.17) is 4.74 Å². The molecule has 1 fully saturated rings. The van der Waals surface area contributed by atoms with E-state index in [1.165, 1.54) is 0 Å². The van der Waals surface area contributed by atoms with E-state index < -0.39 is 18.2 Å². The molecule has 0 aliphatic heterocycles. The van der Waals surface area contributed by atoms with Gasteiger partial charge in [0.15, 0.2) is 0 Å². The Bertz CT molecular complexity index is 725. The quantitative estimate of drug-likeness (QED) is 0.687. The molecule has 1 aliphatic carbocycles. The summed E-state index contributed by atoms with van der Waals surface area (Å²) in [7, 11) is 0. The van der Waals surface area contributed by atoms with Gasteiger partial charge in [0.25, 0.3) is 5.91 Å². The fourth-order valence-electron chi connectivity index (χ4n) is 3.15. The Labute approximate surface area is 134 Å². The van der Waals surface area contributed by atoms with Crippen LogP contribution in [0, 0.1) is 6.92 Å². The normalized spacial score (nSPS) is 24.1. The number of H-pyrrole nitrogens is 1. The molecule has 1 heterocycles. The third-order valence-corrected chi connectivity index (χ3v) is 4.46. The maximum atomic E-state index is 12.5. The number of benzene rings is 1. The minimum atomic E-state index is -0.909. The molecule has 1 amide bonds. The van der Waals surface area contributed by atoms with Gasteiger partial charge < -0.3 is 25.3 Å². The van der Waals surface area contributed by atoms with Crippen LogP contribution in [0.3, 0.4) is 0 Å². The number of aromatic amines is 1. The van der Waals surface area contributed by atoms with E-state index in [1.807, 2.05) is 32.0 Å². The summed E-state index contributed by atoms with van der Waals surface area (Å²) in [6.07, 6.45) is -0.608. The molecular formula is C17H22N2O4. The first kappa shape index (κ1) is 15.8. The van der Waals surface area contributed by atoms with E-state index >= 15 is 0 Å². The fourth-order valence-corrected chi connectivity index (χ4v) is 3.15. The number of carbonyl (C=O) groups is 1. The lowest BCUT2D eigenvalue weighted by molar-refractivity contribution is 0.0296. The summed E-state index contributed by atoms with van der Waals surface area (Å²) in [6.45, 7) is 4.39. The fraction of sp³-hybridized carbons (Fsp3) is 0.471. The first-order valence-electron chi connectivity index (χ1n) is 7.93. The molecule has 0 bridgehead atoms. The van der Waals surface area contributed by atoms with Crippen LogP contribution in [0.15, 0.2) is 18.2 Å². The van der Waals surface area contributed by atoms with Crippen LogP contribution in [0.1, 0.15) is 35.8 Å². The molecule has 0 unspecified atom stereocenters. The van der Waals surface area contributed by atoms with Crippen molar-refractivity contribution in [2.45, 2.75) is 44.9 Å². The van der Waals surface area contributed by atoms with Crippen molar-refractivity contribution in [3.63, 3.8) is 0 Å². The Morgan fingerprint density at radius 3 is 2.83 bits per heavy atom. The van der Waals surface area contributed by atoms with Gasteiger partial charge in [-0.15, -0.1) is 0 Å². The zero-order valence-corrected chi connectivity index (χ0v) is 13.3. The van der Waals surface area contributed by atoms with Gasteiger partial charge in [0.05, 0.1) is 18.8 Å². The average molecular weight is 318 g/mol. The molecule has 124 valence electrons. The molecule has 1 aromatic heterocycles. The first-order chi connectivity index (χ1) is 11.0. The molecule has 0 radical (unpaired) electrons. The number of aromatic nitrogens is 1. The largest absolute Gasteiger partial charge is 0.494 e. The second-order valence-corrected chi connectivity index (χ2v) is 5.98. The van der Waals surface area contributed by atoms with Crippen LogP contribution in [0.4, 0.5) is 0 Å². The highest BCUT2D eigenvalue weighted by atomic mass is 16.5. The van der Waals surface area contributed by atoms with Crippen molar-refractivity contribution in [3.05, 3.63) is 29.5 Å². The summed E-state index contributed by atoms with van der Waals surface area (Å²) in [6, 6.07) is 5.25.